The van der Waals surface area contributed by atoms with Crippen LogP contribution in [-0.4, -0.2) is 16.1 Å². The Morgan fingerprint density at radius 1 is 1.35 bits per heavy atom. The number of carboxylic acids is 1. The zero-order valence-corrected chi connectivity index (χ0v) is 9.44. The molecule has 0 saturated carbocycles. The largest absolute Gasteiger partial charge is 0.476 e. The van der Waals surface area contributed by atoms with Crippen molar-refractivity contribution in [2.75, 3.05) is 0 Å². The quantitative estimate of drug-likeness (QED) is 0.878. The van der Waals surface area contributed by atoms with Gasteiger partial charge in [0.2, 0.25) is 0 Å². The maximum absolute atomic E-state index is 13.0. The van der Waals surface area contributed by atoms with Crippen molar-refractivity contribution in [2.45, 2.75) is 6.18 Å². The molecule has 0 fully saturated rings. The van der Waals surface area contributed by atoms with Crippen LogP contribution in [0.2, 0.25) is 0 Å². The second-order valence-corrected chi connectivity index (χ2v) is 3.55. The van der Waals surface area contributed by atoms with Crippen molar-refractivity contribution in [1.82, 2.24) is 4.98 Å². The number of benzene rings is 1. The molecule has 0 aliphatic rings. The number of halogens is 4. The number of carboxylic acid groups (broad SMARTS) is 1. The van der Waals surface area contributed by atoms with Crippen molar-refractivity contribution in [3.05, 3.63) is 41.5 Å². The average Bonchev–Trinajstić information content (AvgIpc) is 2.79. The molecule has 0 unspecified atom stereocenters. The minimum atomic E-state index is -4.88. The summed E-state index contributed by atoms with van der Waals surface area (Å²) in [6.07, 6.45) is -4.69. The topological polar surface area (TPSA) is 72.6 Å². The van der Waals surface area contributed by atoms with Crippen molar-refractivity contribution in [3.8, 4) is 11.8 Å². The predicted molar refractivity (Wildman–Crippen MR) is 54.9 cm³/mol. The van der Waals surface area contributed by atoms with Crippen molar-refractivity contribution in [2.24, 2.45) is 0 Å². The van der Waals surface area contributed by atoms with Crippen LogP contribution in [0, 0.1) is 5.82 Å². The van der Waals surface area contributed by atoms with E-state index in [1.54, 1.807) is 0 Å². The van der Waals surface area contributed by atoms with Gasteiger partial charge in [-0.1, -0.05) is 0 Å². The fraction of sp³-hybridized carbons (Fsp3) is 0.0909. The van der Waals surface area contributed by atoms with E-state index in [4.69, 9.17) is 9.84 Å². The number of oxazole rings is 1. The van der Waals surface area contributed by atoms with E-state index in [1.165, 1.54) is 0 Å². The predicted octanol–water partition coefficient (Wildman–Crippen LogP) is 3.32. The minimum Gasteiger partial charge on any atom is -0.476 e. The van der Waals surface area contributed by atoms with Gasteiger partial charge in [0.15, 0.2) is 5.69 Å². The van der Waals surface area contributed by atoms with Crippen LogP contribution in [0.3, 0.4) is 0 Å². The third-order valence-corrected chi connectivity index (χ3v) is 2.15. The van der Waals surface area contributed by atoms with Crippen LogP contribution in [0.5, 0.6) is 11.8 Å². The summed E-state index contributed by atoms with van der Waals surface area (Å²) in [5, 5.41) is 8.58. The van der Waals surface area contributed by atoms with Crippen LogP contribution in [-0.2, 0) is 6.18 Å². The number of nitrogens with zero attached hydrogens (tertiary/aromatic N) is 1. The van der Waals surface area contributed by atoms with E-state index in [9.17, 15) is 22.4 Å². The maximum Gasteiger partial charge on any atom is 0.419 e. The minimum absolute atomic E-state index is 0.391. The number of aromatic carboxylic acids is 1. The normalized spacial score (nSPS) is 11.4. The highest BCUT2D eigenvalue weighted by atomic mass is 19.4. The van der Waals surface area contributed by atoms with Crippen LogP contribution in [0.25, 0.3) is 0 Å². The van der Waals surface area contributed by atoms with Crippen LogP contribution in [0.4, 0.5) is 17.6 Å². The summed E-state index contributed by atoms with van der Waals surface area (Å²) in [5.74, 6) is -3.24. The van der Waals surface area contributed by atoms with E-state index < -0.39 is 41.0 Å². The molecule has 0 saturated heterocycles. The van der Waals surface area contributed by atoms with E-state index in [2.05, 4.69) is 9.40 Å². The van der Waals surface area contributed by atoms with Crippen molar-refractivity contribution in [3.63, 3.8) is 0 Å². The Morgan fingerprint density at radius 3 is 2.60 bits per heavy atom. The van der Waals surface area contributed by atoms with Gasteiger partial charge in [0.1, 0.15) is 17.8 Å². The second kappa shape index (κ2) is 4.83. The number of hydrogen-bond donors (Lipinski definition) is 1. The lowest BCUT2D eigenvalue weighted by molar-refractivity contribution is -0.140. The number of rotatable bonds is 3. The Hall–Kier alpha value is -2.58. The Morgan fingerprint density at radius 2 is 2.05 bits per heavy atom. The van der Waals surface area contributed by atoms with Gasteiger partial charge in [-0.3, -0.25) is 0 Å². The fourth-order valence-electron chi connectivity index (χ4n) is 1.29. The molecule has 0 aliphatic carbocycles. The first-order chi connectivity index (χ1) is 9.27. The van der Waals surface area contributed by atoms with E-state index in [-0.39, 0.29) is 0 Å². The van der Waals surface area contributed by atoms with E-state index in [0.29, 0.717) is 12.1 Å². The molecule has 5 nitrogen and oxygen atoms in total. The van der Waals surface area contributed by atoms with E-state index in [0.717, 1.165) is 12.3 Å². The summed E-state index contributed by atoms with van der Waals surface area (Å²) < 4.78 is 59.8. The van der Waals surface area contributed by atoms with Gasteiger partial charge >= 0.3 is 18.2 Å². The lowest BCUT2D eigenvalue weighted by Gasteiger charge is -2.09. The van der Waals surface area contributed by atoms with Crippen molar-refractivity contribution in [1.29, 1.82) is 0 Å². The van der Waals surface area contributed by atoms with Gasteiger partial charge in [-0.2, -0.15) is 18.2 Å². The third-order valence-electron chi connectivity index (χ3n) is 2.15. The lowest BCUT2D eigenvalue weighted by Crippen LogP contribution is -2.08. The molecule has 20 heavy (non-hydrogen) atoms. The van der Waals surface area contributed by atoms with Gasteiger partial charge in [0, 0.05) is 0 Å². The zero-order valence-electron chi connectivity index (χ0n) is 9.44. The van der Waals surface area contributed by atoms with Crippen LogP contribution in [0.15, 0.2) is 28.9 Å². The molecule has 1 heterocycles. The summed E-state index contributed by atoms with van der Waals surface area (Å²) >= 11 is 0. The van der Waals surface area contributed by atoms with Gasteiger partial charge in [-0.05, 0) is 18.2 Å². The highest BCUT2D eigenvalue weighted by Gasteiger charge is 2.34. The van der Waals surface area contributed by atoms with Crippen molar-refractivity contribution < 1.29 is 36.6 Å². The van der Waals surface area contributed by atoms with Crippen LogP contribution >= 0.6 is 0 Å². The summed E-state index contributed by atoms with van der Waals surface area (Å²) in [7, 11) is 0. The Labute approximate surface area is 108 Å². The van der Waals surface area contributed by atoms with Gasteiger partial charge < -0.3 is 14.3 Å². The standard InChI is InChI=1S/C11H5F4NO4/c12-7-2-1-5(3-6(7)11(13,14)15)20-10-16-8(4-19-10)9(17)18/h1-4H,(H,17,18). The molecule has 0 amide bonds. The van der Waals surface area contributed by atoms with Crippen molar-refractivity contribution >= 4 is 5.97 Å². The van der Waals surface area contributed by atoms with E-state index in [1.807, 2.05) is 0 Å². The number of ether oxygens (including phenoxy) is 1. The molecular formula is C11H5F4NO4. The smallest absolute Gasteiger partial charge is 0.419 e. The molecule has 1 aromatic carbocycles. The second-order valence-electron chi connectivity index (χ2n) is 3.55. The molecule has 0 atom stereocenters. The first-order valence-electron chi connectivity index (χ1n) is 5.01. The summed E-state index contributed by atoms with van der Waals surface area (Å²) in [6.45, 7) is 0. The molecule has 2 aromatic rings. The Balaban J connectivity index is 2.27. The van der Waals surface area contributed by atoms with Gasteiger partial charge in [0.05, 0.1) is 5.56 Å². The number of alkyl halides is 3. The summed E-state index contributed by atoms with van der Waals surface area (Å²) in [5.41, 5.74) is -1.99. The SMILES string of the molecule is O=C(O)c1coc(Oc2ccc(F)c(C(F)(F)F)c2)n1. The average molecular weight is 291 g/mol. The zero-order chi connectivity index (χ0) is 14.9. The maximum atomic E-state index is 13.0. The van der Waals surface area contributed by atoms with Gasteiger partial charge in [-0.25, -0.2) is 9.18 Å². The third kappa shape index (κ3) is 2.87. The summed E-state index contributed by atoms with van der Waals surface area (Å²) in [6, 6.07) is 1.91. The number of hydrogen-bond acceptors (Lipinski definition) is 4. The molecule has 0 radical (unpaired) electrons. The Kier molecular flexibility index (Phi) is 3.35. The molecule has 0 bridgehead atoms. The highest BCUT2D eigenvalue weighted by molar-refractivity contribution is 5.84. The molecule has 106 valence electrons. The molecule has 1 N–H and O–H groups in total. The van der Waals surface area contributed by atoms with Crippen LogP contribution in [0.1, 0.15) is 16.1 Å². The first-order valence-corrected chi connectivity index (χ1v) is 5.01. The molecule has 9 heteroatoms. The Bertz CT molecular complexity index is 650. The first kappa shape index (κ1) is 13.8. The lowest BCUT2D eigenvalue weighted by atomic mass is 10.2. The monoisotopic (exact) mass is 291 g/mol. The molecule has 0 spiro atoms. The molecule has 0 aliphatic heterocycles. The van der Waals surface area contributed by atoms with Gasteiger partial charge in [-0.15, -0.1) is 0 Å². The van der Waals surface area contributed by atoms with E-state index >= 15 is 0 Å². The van der Waals surface area contributed by atoms with Crippen LogP contribution < -0.4 is 4.74 Å². The number of carbonyl (C=O) groups is 1. The highest BCUT2D eigenvalue weighted by Crippen LogP contribution is 2.34. The summed E-state index contributed by atoms with van der Waals surface area (Å²) in [4.78, 5) is 13.9. The fourth-order valence-corrected chi connectivity index (χ4v) is 1.29. The van der Waals surface area contributed by atoms with Gasteiger partial charge in [0.25, 0.3) is 0 Å². The molecular weight excluding hydrogens is 286 g/mol. The number of aromatic nitrogens is 1. The molecule has 2 rings (SSSR count). The molecule has 1 aromatic heterocycles.